The summed E-state index contributed by atoms with van der Waals surface area (Å²) in [5, 5.41) is 10.3. The molecule has 0 saturated heterocycles. The molecule has 2 unspecified atom stereocenters. The Morgan fingerprint density at radius 2 is 2.16 bits per heavy atom. The number of carboxylic acid groups (broad SMARTS) is 1. The number of nitrogens with one attached hydrogen (secondary N) is 1. The monoisotopic (exact) mass is 258 g/mol. The predicted molar refractivity (Wildman–Crippen MR) is 74.1 cm³/mol. The molecular formula is C15H18N2O2. The van der Waals surface area contributed by atoms with Gasteiger partial charge in [-0.3, -0.25) is 4.79 Å². The zero-order valence-corrected chi connectivity index (χ0v) is 11.2. The molecule has 3 rings (SSSR count). The fourth-order valence-corrected chi connectivity index (χ4v) is 3.11. The van der Waals surface area contributed by atoms with Crippen molar-refractivity contribution in [3.8, 4) is 0 Å². The molecule has 4 nitrogen and oxygen atoms in total. The van der Waals surface area contributed by atoms with Crippen LogP contribution in [0.1, 0.15) is 34.8 Å². The molecule has 1 aromatic heterocycles. The van der Waals surface area contributed by atoms with Crippen LogP contribution < -0.4 is 5.73 Å². The van der Waals surface area contributed by atoms with Gasteiger partial charge in [0.15, 0.2) is 0 Å². The summed E-state index contributed by atoms with van der Waals surface area (Å²) in [6.07, 6.45) is 1.06. The SMILES string of the molecule is Cc1ccc2c3c([nH]c2c1C)CC(C(=O)O)CC3N. The summed E-state index contributed by atoms with van der Waals surface area (Å²) >= 11 is 0. The van der Waals surface area contributed by atoms with Gasteiger partial charge in [0.05, 0.1) is 5.92 Å². The van der Waals surface area contributed by atoms with E-state index in [0.29, 0.717) is 12.8 Å². The highest BCUT2D eigenvalue weighted by Gasteiger charge is 2.32. The molecule has 1 aromatic carbocycles. The fraction of sp³-hybridized carbons (Fsp3) is 0.400. The standard InChI is InChI=1S/C15H18N2O2/c1-7-3-4-10-13-11(16)5-9(15(18)19)6-12(13)17-14(10)8(7)2/h3-4,9,11,17H,5-6,16H2,1-2H3,(H,18,19). The van der Waals surface area contributed by atoms with Crippen molar-refractivity contribution in [3.05, 3.63) is 34.5 Å². The zero-order chi connectivity index (χ0) is 13.7. The highest BCUT2D eigenvalue weighted by molar-refractivity contribution is 5.89. The number of hydrogen-bond donors (Lipinski definition) is 3. The maximum absolute atomic E-state index is 11.2. The first-order valence-corrected chi connectivity index (χ1v) is 6.58. The van der Waals surface area contributed by atoms with Gasteiger partial charge in [-0.1, -0.05) is 12.1 Å². The molecule has 1 heterocycles. The predicted octanol–water partition coefficient (Wildman–Crippen LogP) is 2.43. The third-order valence-electron chi connectivity index (χ3n) is 4.34. The van der Waals surface area contributed by atoms with Crippen molar-refractivity contribution in [2.24, 2.45) is 11.7 Å². The molecule has 0 saturated carbocycles. The van der Waals surface area contributed by atoms with Gasteiger partial charge in [-0.25, -0.2) is 0 Å². The lowest BCUT2D eigenvalue weighted by Crippen LogP contribution is -2.28. The van der Waals surface area contributed by atoms with Crippen molar-refractivity contribution in [1.82, 2.24) is 4.98 Å². The lowest BCUT2D eigenvalue weighted by molar-refractivity contribution is -0.142. The average molecular weight is 258 g/mol. The Hall–Kier alpha value is -1.81. The third kappa shape index (κ3) is 1.75. The van der Waals surface area contributed by atoms with Crippen LogP contribution in [0, 0.1) is 19.8 Å². The molecule has 19 heavy (non-hydrogen) atoms. The Bertz CT molecular complexity index is 672. The number of rotatable bonds is 1. The van der Waals surface area contributed by atoms with Crippen LogP contribution in [-0.2, 0) is 11.2 Å². The van der Waals surface area contributed by atoms with Gasteiger partial charge >= 0.3 is 5.97 Å². The molecule has 0 spiro atoms. The van der Waals surface area contributed by atoms with Crippen molar-refractivity contribution in [3.63, 3.8) is 0 Å². The van der Waals surface area contributed by atoms with Crippen LogP contribution >= 0.6 is 0 Å². The number of carboxylic acids is 1. The molecule has 4 heteroatoms. The second-order valence-electron chi connectivity index (χ2n) is 5.53. The number of aromatic nitrogens is 1. The highest BCUT2D eigenvalue weighted by Crippen LogP contribution is 2.38. The summed E-state index contributed by atoms with van der Waals surface area (Å²) < 4.78 is 0. The van der Waals surface area contributed by atoms with Gasteiger partial charge < -0.3 is 15.8 Å². The molecule has 2 atom stereocenters. The van der Waals surface area contributed by atoms with Gasteiger partial charge in [0.25, 0.3) is 0 Å². The van der Waals surface area contributed by atoms with Crippen LogP contribution in [0.4, 0.5) is 0 Å². The van der Waals surface area contributed by atoms with Crippen molar-refractivity contribution < 1.29 is 9.90 Å². The summed E-state index contributed by atoms with van der Waals surface area (Å²) in [4.78, 5) is 14.6. The summed E-state index contributed by atoms with van der Waals surface area (Å²) in [5.41, 5.74) is 11.8. The van der Waals surface area contributed by atoms with Crippen LogP contribution in [0.15, 0.2) is 12.1 Å². The smallest absolute Gasteiger partial charge is 0.306 e. The van der Waals surface area contributed by atoms with Crippen LogP contribution in [0.2, 0.25) is 0 Å². The van der Waals surface area contributed by atoms with Crippen LogP contribution in [0.3, 0.4) is 0 Å². The number of H-pyrrole nitrogens is 1. The number of hydrogen-bond acceptors (Lipinski definition) is 2. The maximum atomic E-state index is 11.2. The van der Waals surface area contributed by atoms with Crippen LogP contribution in [0.25, 0.3) is 10.9 Å². The van der Waals surface area contributed by atoms with E-state index in [2.05, 4.69) is 31.0 Å². The molecule has 0 aliphatic heterocycles. The molecule has 4 N–H and O–H groups in total. The summed E-state index contributed by atoms with van der Waals surface area (Å²) in [6, 6.07) is 4.00. The van der Waals surface area contributed by atoms with E-state index in [1.54, 1.807) is 0 Å². The Morgan fingerprint density at radius 3 is 2.84 bits per heavy atom. The van der Waals surface area contributed by atoms with Crippen molar-refractivity contribution in [1.29, 1.82) is 0 Å². The van der Waals surface area contributed by atoms with Crippen molar-refractivity contribution in [2.75, 3.05) is 0 Å². The van der Waals surface area contributed by atoms with Gasteiger partial charge in [-0.15, -0.1) is 0 Å². The van der Waals surface area contributed by atoms with E-state index in [0.717, 1.165) is 22.2 Å². The fourth-order valence-electron chi connectivity index (χ4n) is 3.11. The molecule has 0 fully saturated rings. The Morgan fingerprint density at radius 1 is 1.42 bits per heavy atom. The second kappa shape index (κ2) is 4.10. The minimum atomic E-state index is -0.757. The van der Waals surface area contributed by atoms with E-state index < -0.39 is 5.97 Å². The summed E-state index contributed by atoms with van der Waals surface area (Å²) in [5.74, 6) is -1.13. The average Bonchev–Trinajstić information content (AvgIpc) is 2.73. The second-order valence-corrected chi connectivity index (χ2v) is 5.53. The number of nitrogens with two attached hydrogens (primary N) is 1. The molecule has 1 aliphatic rings. The van der Waals surface area contributed by atoms with Crippen molar-refractivity contribution >= 4 is 16.9 Å². The minimum Gasteiger partial charge on any atom is -0.481 e. The van der Waals surface area contributed by atoms with Gasteiger partial charge in [-0.2, -0.15) is 0 Å². The lowest BCUT2D eigenvalue weighted by Gasteiger charge is -2.24. The number of aromatic amines is 1. The maximum Gasteiger partial charge on any atom is 0.306 e. The first-order chi connectivity index (χ1) is 8.99. The van der Waals surface area contributed by atoms with E-state index in [1.807, 2.05) is 0 Å². The third-order valence-corrected chi connectivity index (χ3v) is 4.34. The number of aliphatic carboxylic acids is 1. The molecule has 0 bridgehead atoms. The van der Waals surface area contributed by atoms with Gasteiger partial charge in [0.2, 0.25) is 0 Å². The van der Waals surface area contributed by atoms with Crippen LogP contribution in [-0.4, -0.2) is 16.1 Å². The molecule has 0 radical (unpaired) electrons. The Balaban J connectivity index is 2.21. The van der Waals surface area contributed by atoms with E-state index >= 15 is 0 Å². The number of carbonyl (C=O) groups is 1. The first kappa shape index (κ1) is 12.2. The van der Waals surface area contributed by atoms with Gasteiger partial charge in [-0.05, 0) is 37.0 Å². The normalized spacial score (nSPS) is 22.5. The summed E-state index contributed by atoms with van der Waals surface area (Å²) in [6.45, 7) is 4.16. The highest BCUT2D eigenvalue weighted by atomic mass is 16.4. The number of benzene rings is 1. The molecule has 100 valence electrons. The lowest BCUT2D eigenvalue weighted by atomic mass is 9.83. The Labute approximate surface area is 111 Å². The Kier molecular flexibility index (Phi) is 2.64. The molecule has 2 aromatic rings. The van der Waals surface area contributed by atoms with Gasteiger partial charge in [0, 0.05) is 29.1 Å². The van der Waals surface area contributed by atoms with E-state index in [4.69, 9.17) is 5.73 Å². The zero-order valence-electron chi connectivity index (χ0n) is 11.2. The number of fused-ring (bicyclic) bond motifs is 3. The number of aryl methyl sites for hydroxylation is 2. The topological polar surface area (TPSA) is 79.1 Å². The first-order valence-electron chi connectivity index (χ1n) is 6.58. The van der Waals surface area contributed by atoms with E-state index in [1.165, 1.54) is 11.1 Å². The van der Waals surface area contributed by atoms with Crippen molar-refractivity contribution in [2.45, 2.75) is 32.7 Å². The molecule has 0 amide bonds. The van der Waals surface area contributed by atoms with Gasteiger partial charge in [0.1, 0.15) is 0 Å². The largest absolute Gasteiger partial charge is 0.481 e. The minimum absolute atomic E-state index is 0.194. The van der Waals surface area contributed by atoms with E-state index in [9.17, 15) is 9.90 Å². The molecule has 1 aliphatic carbocycles. The van der Waals surface area contributed by atoms with Crippen LogP contribution in [0.5, 0.6) is 0 Å². The van der Waals surface area contributed by atoms with E-state index in [-0.39, 0.29) is 12.0 Å². The summed E-state index contributed by atoms with van der Waals surface area (Å²) in [7, 11) is 0. The molecular weight excluding hydrogens is 240 g/mol. The quantitative estimate of drug-likeness (QED) is 0.735.